The molecule has 1 fully saturated rings. The largest absolute Gasteiger partial charge is 0.467 e. The van der Waals surface area contributed by atoms with Crippen LogP contribution < -0.4 is 9.64 Å². The van der Waals surface area contributed by atoms with Crippen LogP contribution in [0.15, 0.2) is 77.4 Å². The summed E-state index contributed by atoms with van der Waals surface area (Å²) in [6, 6.07) is 18.0. The van der Waals surface area contributed by atoms with Gasteiger partial charge in [0.1, 0.15) is 47.3 Å². The highest BCUT2D eigenvalue weighted by Crippen LogP contribution is 2.37. The molecule has 5 rings (SSSR count). The van der Waals surface area contributed by atoms with Crippen LogP contribution in [-0.2, 0) is 36.6 Å². The maximum Gasteiger partial charge on any atom is 0.345 e. The van der Waals surface area contributed by atoms with E-state index in [-0.39, 0.29) is 52.6 Å². The fourth-order valence-corrected chi connectivity index (χ4v) is 6.48. The summed E-state index contributed by atoms with van der Waals surface area (Å²) in [5.41, 5.74) is 1.91. The SMILES string of the molecule is CC1(C)OC(c2ccco2)CN1C(=O)C(Cl)Cl.CCc1cccc(CC)c1N(COC)C(=O)CCl.COC(=O)c1cc(Oc2ccc(Cl)cc2Cl)ccc1[N+](=O)[O-]. The van der Waals surface area contributed by atoms with Crippen LogP contribution in [0, 0.1) is 10.1 Å². The number of carbonyl (C=O) groups excluding carboxylic acids is 3. The Labute approximate surface area is 355 Å². The van der Waals surface area contributed by atoms with Gasteiger partial charge in [-0.3, -0.25) is 24.6 Å². The lowest BCUT2D eigenvalue weighted by atomic mass is 10.0. The lowest BCUT2D eigenvalue weighted by molar-refractivity contribution is -0.385. The molecule has 3 aromatic carbocycles. The van der Waals surface area contributed by atoms with E-state index >= 15 is 0 Å². The first-order chi connectivity index (χ1) is 27.0. The zero-order chi connectivity index (χ0) is 42.4. The Kier molecular flexibility index (Phi) is 18.4. The zero-order valence-corrected chi connectivity index (χ0v) is 35.7. The van der Waals surface area contributed by atoms with Crippen molar-refractivity contribution in [3.05, 3.63) is 116 Å². The summed E-state index contributed by atoms with van der Waals surface area (Å²) in [4.78, 5) is 47.7. The van der Waals surface area contributed by atoms with Gasteiger partial charge in [-0.1, -0.05) is 78.5 Å². The zero-order valence-electron chi connectivity index (χ0n) is 31.9. The van der Waals surface area contributed by atoms with Crippen molar-refractivity contribution < 1.29 is 42.7 Å². The second-order valence-corrected chi connectivity index (χ2v) is 14.6. The Morgan fingerprint density at radius 3 is 2.18 bits per heavy atom. The quantitative estimate of drug-likeness (QED) is 0.0442. The minimum atomic E-state index is -1.08. The number of ether oxygens (including phenoxy) is 4. The fourth-order valence-electron chi connectivity index (χ4n) is 5.65. The Morgan fingerprint density at radius 1 is 1.00 bits per heavy atom. The van der Waals surface area contributed by atoms with Gasteiger partial charge in [-0.05, 0) is 74.2 Å². The molecule has 4 aromatic rings. The Hall–Kier alpha value is -4.08. The van der Waals surface area contributed by atoms with E-state index in [0.717, 1.165) is 42.8 Å². The molecule has 0 saturated carbocycles. The van der Waals surface area contributed by atoms with Gasteiger partial charge in [-0.25, -0.2) is 4.79 Å². The summed E-state index contributed by atoms with van der Waals surface area (Å²) in [6.07, 6.45) is 3.04. The number of furan rings is 1. The predicted molar refractivity (Wildman–Crippen MR) is 220 cm³/mol. The van der Waals surface area contributed by atoms with Crippen LogP contribution in [0.2, 0.25) is 10.0 Å². The third-order valence-electron chi connectivity index (χ3n) is 8.34. The normalized spacial score (nSPS) is 14.2. The summed E-state index contributed by atoms with van der Waals surface area (Å²) in [6.45, 7) is 8.36. The summed E-state index contributed by atoms with van der Waals surface area (Å²) in [7, 11) is 2.71. The van der Waals surface area contributed by atoms with Crippen LogP contribution in [0.1, 0.15) is 61.0 Å². The average Bonchev–Trinajstić information content (AvgIpc) is 3.85. The van der Waals surface area contributed by atoms with Gasteiger partial charge in [0.15, 0.2) is 4.84 Å². The van der Waals surface area contributed by atoms with Gasteiger partial charge in [-0.2, -0.15) is 0 Å². The van der Waals surface area contributed by atoms with Crippen LogP contribution in [0.4, 0.5) is 11.4 Å². The number of esters is 1. The van der Waals surface area contributed by atoms with Crippen molar-refractivity contribution in [1.29, 1.82) is 0 Å². The van der Waals surface area contributed by atoms with Crippen LogP contribution >= 0.6 is 58.0 Å². The van der Waals surface area contributed by atoms with Gasteiger partial charge in [-0.15, -0.1) is 11.6 Å². The van der Waals surface area contributed by atoms with Crippen LogP contribution in [0.25, 0.3) is 0 Å². The molecule has 2 heterocycles. The molecule has 2 amide bonds. The molecule has 18 heteroatoms. The van der Waals surface area contributed by atoms with Gasteiger partial charge in [0.25, 0.3) is 11.6 Å². The Morgan fingerprint density at radius 2 is 1.67 bits per heavy atom. The molecule has 0 bridgehead atoms. The summed E-state index contributed by atoms with van der Waals surface area (Å²) in [5, 5.41) is 11.6. The van der Waals surface area contributed by atoms with Gasteiger partial charge in [0, 0.05) is 24.3 Å². The van der Waals surface area contributed by atoms with E-state index in [2.05, 4.69) is 18.6 Å². The number of nitrogens with zero attached hydrogens (tertiary/aromatic N) is 3. The highest BCUT2D eigenvalue weighted by atomic mass is 35.5. The van der Waals surface area contributed by atoms with E-state index in [9.17, 15) is 24.5 Å². The van der Waals surface area contributed by atoms with Gasteiger partial charge in [0.2, 0.25) is 5.91 Å². The molecule has 308 valence electrons. The molecular formula is C39H42Cl5N3O10. The number of methoxy groups -OCH3 is 2. The maximum atomic E-state index is 12.0. The number of aryl methyl sites for hydroxylation is 2. The standard InChI is InChI=1S/C14H9Cl2NO5.C14H20ClNO2.C11H13Cl2NO3/c1-21-14(18)10-7-9(3-4-12(10)17(19)20)22-13-5-2-8(15)6-11(13)16;1-4-11-7-6-8-12(5-2)14(11)16(10-18-3)13(17)9-15;1-11(2)14(10(15)9(12)13)6-8(17-11)7-4-3-5-16-7/h2-7H,1H3;6-8H,4-5,9-10H2,1-3H3;3-5,8-9H,6H2,1-2H3. The van der Waals surface area contributed by atoms with Gasteiger partial charge >= 0.3 is 5.97 Å². The first kappa shape index (κ1) is 47.3. The third kappa shape index (κ3) is 12.7. The highest BCUT2D eigenvalue weighted by Gasteiger charge is 2.45. The van der Waals surface area contributed by atoms with Crippen LogP contribution in [0.3, 0.4) is 0 Å². The number of nitro benzene ring substituents is 1. The van der Waals surface area contributed by atoms with Crippen molar-refractivity contribution >= 4 is 87.2 Å². The van der Waals surface area contributed by atoms with Gasteiger partial charge in [0.05, 0.1) is 35.6 Å². The van der Waals surface area contributed by atoms with E-state index in [1.54, 1.807) is 50.3 Å². The third-order valence-corrected chi connectivity index (χ3v) is 9.47. The molecule has 13 nitrogen and oxygen atoms in total. The second-order valence-electron chi connectivity index (χ2n) is 12.4. The Bertz CT molecular complexity index is 1970. The molecule has 57 heavy (non-hydrogen) atoms. The molecule has 1 aliphatic rings. The number of anilines is 1. The van der Waals surface area contributed by atoms with E-state index in [0.29, 0.717) is 23.1 Å². The topological polar surface area (TPSA) is 151 Å². The van der Waals surface area contributed by atoms with E-state index in [1.165, 1.54) is 23.1 Å². The number of hydrogen-bond acceptors (Lipinski definition) is 10. The molecule has 0 aliphatic carbocycles. The Balaban J connectivity index is 0.000000231. The van der Waals surface area contributed by atoms with Crippen molar-refractivity contribution in [2.45, 2.75) is 57.2 Å². The van der Waals surface area contributed by atoms with Crippen molar-refractivity contribution in [3.63, 3.8) is 0 Å². The molecule has 1 atom stereocenters. The molecule has 0 spiro atoms. The molecular weight excluding hydrogens is 848 g/mol. The lowest BCUT2D eigenvalue weighted by Crippen LogP contribution is -2.45. The summed E-state index contributed by atoms with van der Waals surface area (Å²) >= 11 is 28.6. The molecule has 1 aromatic heterocycles. The minimum Gasteiger partial charge on any atom is -0.467 e. The molecule has 0 N–H and O–H groups in total. The van der Waals surface area contributed by atoms with Crippen LogP contribution in [0.5, 0.6) is 11.5 Å². The van der Waals surface area contributed by atoms with Gasteiger partial charge < -0.3 is 28.3 Å². The van der Waals surface area contributed by atoms with Crippen molar-refractivity contribution in [2.75, 3.05) is 38.3 Å². The van der Waals surface area contributed by atoms with E-state index < -0.39 is 21.5 Å². The maximum absolute atomic E-state index is 12.0. The second kappa shape index (κ2) is 22.2. The number of halogens is 5. The molecule has 1 aliphatic heterocycles. The van der Waals surface area contributed by atoms with Crippen molar-refractivity contribution in [1.82, 2.24) is 4.90 Å². The van der Waals surface area contributed by atoms with Crippen LogP contribution in [-0.4, -0.2) is 71.5 Å². The first-order valence-corrected chi connectivity index (χ1v) is 19.5. The number of carbonyl (C=O) groups is 3. The lowest BCUT2D eigenvalue weighted by Gasteiger charge is -2.29. The number of hydrogen-bond donors (Lipinski definition) is 0. The number of para-hydroxylation sites is 1. The van der Waals surface area contributed by atoms with E-state index in [4.69, 9.17) is 76.6 Å². The summed E-state index contributed by atoms with van der Waals surface area (Å²) < 4.78 is 26.2. The van der Waals surface area contributed by atoms with Crippen molar-refractivity contribution in [2.24, 2.45) is 0 Å². The monoisotopic (exact) mass is 887 g/mol. The number of rotatable bonds is 12. The first-order valence-electron chi connectivity index (χ1n) is 17.3. The summed E-state index contributed by atoms with van der Waals surface area (Å²) in [5.74, 6) is -0.161. The number of alkyl halides is 3. The highest BCUT2D eigenvalue weighted by molar-refractivity contribution is 6.53. The molecule has 0 radical (unpaired) electrons. The minimum absolute atomic E-state index is 0.0371. The number of benzene rings is 3. The van der Waals surface area contributed by atoms with Crippen molar-refractivity contribution in [3.8, 4) is 11.5 Å². The fraction of sp³-hybridized carbons (Fsp3) is 0.359. The van der Waals surface area contributed by atoms with E-state index in [1.807, 2.05) is 24.3 Å². The number of nitro groups is 1. The predicted octanol–water partition coefficient (Wildman–Crippen LogP) is 10.2. The average molecular weight is 890 g/mol. The molecule has 1 saturated heterocycles. The smallest absolute Gasteiger partial charge is 0.345 e. The molecule has 1 unspecified atom stereocenters. The number of amides is 2.